The number of rotatable bonds is 6. The summed E-state index contributed by atoms with van der Waals surface area (Å²) in [5.41, 5.74) is 0.909. The summed E-state index contributed by atoms with van der Waals surface area (Å²) in [7, 11) is 1.35. The van der Waals surface area contributed by atoms with Crippen LogP contribution in [0.1, 0.15) is 37.7 Å². The number of halogens is 1. The minimum absolute atomic E-state index is 0.00738. The number of carbonyl (C=O) groups is 2. The number of esters is 1. The first-order chi connectivity index (χ1) is 13.6. The fraction of sp³-hybridized carbons (Fsp3) is 0.619. The Morgan fingerprint density at radius 3 is 2.61 bits per heavy atom. The molecule has 3 rings (SSSR count). The molecule has 0 bridgehead atoms. The molecule has 2 fully saturated rings. The van der Waals surface area contributed by atoms with Crippen molar-refractivity contribution in [2.75, 3.05) is 33.4 Å². The topological polar surface area (TPSA) is 59.1 Å². The highest BCUT2D eigenvalue weighted by molar-refractivity contribution is 5.81. The van der Waals surface area contributed by atoms with Crippen molar-refractivity contribution in [3.63, 3.8) is 0 Å². The summed E-state index contributed by atoms with van der Waals surface area (Å²) in [6.07, 6.45) is 5.39. The Morgan fingerprint density at radius 2 is 1.93 bits per heavy atom. The van der Waals surface area contributed by atoms with Crippen LogP contribution in [-0.2, 0) is 25.6 Å². The number of methoxy groups -OCH3 is 1. The summed E-state index contributed by atoms with van der Waals surface area (Å²) >= 11 is 0. The Morgan fingerprint density at radius 1 is 1.21 bits per heavy atom. The summed E-state index contributed by atoms with van der Waals surface area (Å²) in [6, 6.07) is 5.93. The molecule has 0 radical (unpaired) electrons. The third kappa shape index (κ3) is 5.29. The van der Waals surface area contributed by atoms with Crippen LogP contribution in [0.3, 0.4) is 0 Å². The van der Waals surface area contributed by atoms with Crippen molar-refractivity contribution in [2.45, 2.75) is 50.7 Å². The molecule has 0 aromatic heterocycles. The fourth-order valence-corrected chi connectivity index (χ4v) is 4.05. The standard InChI is InChI=1S/C21H29FN2O4/c1-27-21(26)19-15-28-12-11-23(19)14-20(25)24(18-5-3-2-4-6-18)13-16-7-9-17(22)10-8-16/h7-10,18-19H,2-6,11-15H2,1H3/t19-/m0/s1. The van der Waals surface area contributed by atoms with E-state index in [0.29, 0.717) is 19.7 Å². The predicted octanol–water partition coefficient (Wildman–Crippen LogP) is 2.36. The van der Waals surface area contributed by atoms with E-state index in [9.17, 15) is 14.0 Å². The zero-order valence-corrected chi connectivity index (χ0v) is 16.4. The van der Waals surface area contributed by atoms with Gasteiger partial charge in [0.25, 0.3) is 0 Å². The first-order valence-corrected chi connectivity index (χ1v) is 10.0. The largest absolute Gasteiger partial charge is 0.468 e. The summed E-state index contributed by atoms with van der Waals surface area (Å²) in [4.78, 5) is 29.1. The maximum absolute atomic E-state index is 13.3. The number of carbonyl (C=O) groups excluding carboxylic acids is 2. The molecule has 1 amide bonds. The van der Waals surface area contributed by atoms with E-state index >= 15 is 0 Å². The Labute approximate surface area is 165 Å². The van der Waals surface area contributed by atoms with Crippen LogP contribution in [0.15, 0.2) is 24.3 Å². The summed E-state index contributed by atoms with van der Waals surface area (Å²) in [5.74, 6) is -0.671. The maximum atomic E-state index is 13.3. The van der Waals surface area contributed by atoms with Crippen molar-refractivity contribution >= 4 is 11.9 Å². The highest BCUT2D eigenvalue weighted by Crippen LogP contribution is 2.25. The number of nitrogens with zero attached hydrogens (tertiary/aromatic N) is 2. The number of morpholine rings is 1. The smallest absolute Gasteiger partial charge is 0.325 e. The van der Waals surface area contributed by atoms with Crippen molar-refractivity contribution in [1.29, 1.82) is 0 Å². The van der Waals surface area contributed by atoms with Gasteiger partial charge in [-0.1, -0.05) is 31.4 Å². The summed E-state index contributed by atoms with van der Waals surface area (Å²) in [6.45, 7) is 1.85. The molecule has 7 heteroatoms. The van der Waals surface area contributed by atoms with E-state index < -0.39 is 6.04 Å². The maximum Gasteiger partial charge on any atom is 0.325 e. The lowest BCUT2D eigenvalue weighted by atomic mass is 9.93. The van der Waals surface area contributed by atoms with Crippen LogP contribution in [0.4, 0.5) is 4.39 Å². The summed E-state index contributed by atoms with van der Waals surface area (Å²) in [5, 5.41) is 0. The first-order valence-electron chi connectivity index (χ1n) is 10.0. The van der Waals surface area contributed by atoms with Crippen LogP contribution in [0.25, 0.3) is 0 Å². The average Bonchev–Trinajstić information content (AvgIpc) is 2.73. The predicted molar refractivity (Wildman–Crippen MR) is 102 cm³/mol. The van der Waals surface area contributed by atoms with Crippen LogP contribution >= 0.6 is 0 Å². The van der Waals surface area contributed by atoms with Crippen molar-refractivity contribution in [2.24, 2.45) is 0 Å². The monoisotopic (exact) mass is 392 g/mol. The van der Waals surface area contributed by atoms with Crippen LogP contribution in [0.5, 0.6) is 0 Å². The van der Waals surface area contributed by atoms with Gasteiger partial charge in [0.15, 0.2) is 0 Å². The SMILES string of the molecule is COC(=O)[C@@H]1COCCN1CC(=O)N(Cc1ccc(F)cc1)C1CCCCC1. The molecule has 1 aromatic carbocycles. The molecule has 2 aliphatic rings. The van der Waals surface area contributed by atoms with Crippen molar-refractivity contribution in [1.82, 2.24) is 9.80 Å². The summed E-state index contributed by atoms with van der Waals surface area (Å²) < 4.78 is 23.5. The number of amides is 1. The third-order valence-electron chi connectivity index (χ3n) is 5.65. The third-order valence-corrected chi connectivity index (χ3v) is 5.65. The average molecular weight is 392 g/mol. The van der Waals surface area contributed by atoms with E-state index in [4.69, 9.17) is 9.47 Å². The fourth-order valence-electron chi connectivity index (χ4n) is 4.05. The van der Waals surface area contributed by atoms with E-state index in [1.165, 1.54) is 25.7 Å². The second kappa shape index (κ2) is 9.98. The molecule has 28 heavy (non-hydrogen) atoms. The molecule has 0 N–H and O–H groups in total. The Hall–Kier alpha value is -1.99. The highest BCUT2D eigenvalue weighted by Gasteiger charge is 2.34. The Kier molecular flexibility index (Phi) is 7.39. The number of ether oxygens (including phenoxy) is 2. The number of hydrogen-bond donors (Lipinski definition) is 0. The Balaban J connectivity index is 1.73. The normalized spacial score (nSPS) is 21.3. The zero-order chi connectivity index (χ0) is 19.9. The number of benzene rings is 1. The van der Waals surface area contributed by atoms with E-state index in [-0.39, 0.29) is 36.9 Å². The van der Waals surface area contributed by atoms with Gasteiger partial charge in [-0.25, -0.2) is 4.39 Å². The van der Waals surface area contributed by atoms with Gasteiger partial charge in [-0.2, -0.15) is 0 Å². The van der Waals surface area contributed by atoms with Crippen LogP contribution in [-0.4, -0.2) is 67.2 Å². The Bertz CT molecular complexity index is 661. The molecule has 1 aliphatic carbocycles. The molecule has 6 nitrogen and oxygen atoms in total. The molecule has 1 saturated carbocycles. The minimum atomic E-state index is -0.554. The van der Waals surface area contributed by atoms with Gasteiger partial charge < -0.3 is 14.4 Å². The van der Waals surface area contributed by atoms with Gasteiger partial charge >= 0.3 is 5.97 Å². The molecular formula is C21H29FN2O4. The molecular weight excluding hydrogens is 363 g/mol. The van der Waals surface area contributed by atoms with Crippen LogP contribution < -0.4 is 0 Å². The van der Waals surface area contributed by atoms with Gasteiger partial charge in [0.05, 0.1) is 26.9 Å². The van der Waals surface area contributed by atoms with Crippen LogP contribution in [0, 0.1) is 5.82 Å². The van der Waals surface area contributed by atoms with Crippen molar-refractivity contribution in [3.8, 4) is 0 Å². The van der Waals surface area contributed by atoms with Crippen molar-refractivity contribution in [3.05, 3.63) is 35.6 Å². The second-order valence-electron chi connectivity index (χ2n) is 7.52. The van der Waals surface area contributed by atoms with Gasteiger partial charge in [-0.05, 0) is 30.5 Å². The second-order valence-corrected chi connectivity index (χ2v) is 7.52. The van der Waals surface area contributed by atoms with Gasteiger partial charge in [0.1, 0.15) is 11.9 Å². The van der Waals surface area contributed by atoms with Gasteiger partial charge in [-0.15, -0.1) is 0 Å². The zero-order valence-electron chi connectivity index (χ0n) is 16.4. The van der Waals surface area contributed by atoms with E-state index in [1.54, 1.807) is 12.1 Å². The number of hydrogen-bond acceptors (Lipinski definition) is 5. The first kappa shape index (κ1) is 20.7. The van der Waals surface area contributed by atoms with Crippen LogP contribution in [0.2, 0.25) is 0 Å². The van der Waals surface area contributed by atoms with E-state index in [1.807, 2.05) is 9.80 Å². The molecule has 1 aliphatic heterocycles. The molecule has 1 aromatic rings. The molecule has 1 heterocycles. The quantitative estimate of drug-likeness (QED) is 0.696. The molecule has 1 atom stereocenters. The van der Waals surface area contributed by atoms with E-state index in [2.05, 4.69) is 0 Å². The van der Waals surface area contributed by atoms with Gasteiger partial charge in [0.2, 0.25) is 5.91 Å². The molecule has 0 spiro atoms. The lowest BCUT2D eigenvalue weighted by Crippen LogP contribution is -2.55. The molecule has 154 valence electrons. The minimum Gasteiger partial charge on any atom is -0.468 e. The van der Waals surface area contributed by atoms with Crippen molar-refractivity contribution < 1.29 is 23.5 Å². The van der Waals surface area contributed by atoms with Gasteiger partial charge in [-0.3, -0.25) is 14.5 Å². The highest BCUT2D eigenvalue weighted by atomic mass is 19.1. The lowest BCUT2D eigenvalue weighted by molar-refractivity contribution is -0.155. The molecule has 1 saturated heterocycles. The van der Waals surface area contributed by atoms with Gasteiger partial charge in [0, 0.05) is 19.1 Å². The molecule has 0 unspecified atom stereocenters. The lowest BCUT2D eigenvalue weighted by Gasteiger charge is -2.38. The van der Waals surface area contributed by atoms with E-state index in [0.717, 1.165) is 31.2 Å².